The Labute approximate surface area is 208 Å². The number of carbonyl (C=O) groups excluding carboxylic acids is 1. The molecule has 1 aliphatic rings. The third-order valence-corrected chi connectivity index (χ3v) is 6.71. The summed E-state index contributed by atoms with van der Waals surface area (Å²) in [5, 5.41) is 10.0. The van der Waals surface area contributed by atoms with E-state index in [2.05, 4.69) is 16.0 Å². The number of amides is 1. The molecule has 0 radical (unpaired) electrons. The van der Waals surface area contributed by atoms with Crippen molar-refractivity contribution in [2.45, 2.75) is 13.3 Å². The van der Waals surface area contributed by atoms with Gasteiger partial charge in [-0.15, -0.1) is 0 Å². The number of halogens is 1. The lowest BCUT2D eigenvalue weighted by atomic mass is 9.96. The van der Waals surface area contributed by atoms with Gasteiger partial charge in [-0.05, 0) is 47.9 Å². The molecule has 1 amide bonds. The molecule has 1 N–H and O–H groups in total. The summed E-state index contributed by atoms with van der Waals surface area (Å²) in [6.45, 7) is 3.95. The van der Waals surface area contributed by atoms with Crippen molar-refractivity contribution in [3.8, 4) is 22.9 Å². The van der Waals surface area contributed by atoms with E-state index < -0.39 is 0 Å². The average molecular weight is 484 g/mol. The van der Waals surface area contributed by atoms with Gasteiger partial charge in [0.05, 0.1) is 18.2 Å². The number of para-hydroxylation sites is 1. The molecule has 2 aromatic carbocycles. The van der Waals surface area contributed by atoms with Crippen molar-refractivity contribution in [1.82, 2.24) is 14.9 Å². The first-order valence-electron chi connectivity index (χ1n) is 11.9. The predicted molar refractivity (Wildman–Crippen MR) is 137 cm³/mol. The van der Waals surface area contributed by atoms with Crippen molar-refractivity contribution in [1.29, 1.82) is 5.26 Å². The smallest absolute Gasteiger partial charge is 0.270 e. The van der Waals surface area contributed by atoms with E-state index in [1.165, 1.54) is 0 Å². The Kier molecular flexibility index (Phi) is 6.30. The second kappa shape index (κ2) is 9.70. The van der Waals surface area contributed by atoms with E-state index in [-0.39, 0.29) is 11.7 Å². The molecule has 1 fully saturated rings. The van der Waals surface area contributed by atoms with Gasteiger partial charge < -0.3 is 19.5 Å². The van der Waals surface area contributed by atoms with Crippen LogP contribution in [0.3, 0.4) is 0 Å². The number of aromatic nitrogens is 2. The topological polar surface area (TPSA) is 85.2 Å². The number of benzene rings is 2. The number of hydrogen-bond acceptors (Lipinski definition) is 5. The van der Waals surface area contributed by atoms with Gasteiger partial charge in [0.25, 0.3) is 5.91 Å². The molecule has 0 unspecified atom stereocenters. The predicted octanol–water partition coefficient (Wildman–Crippen LogP) is 4.77. The number of ether oxygens (including phenoxy) is 1. The highest BCUT2D eigenvalue weighted by atomic mass is 19.1. The molecule has 5 rings (SSSR count). The van der Waals surface area contributed by atoms with Crippen LogP contribution in [0.15, 0.2) is 54.7 Å². The second-order valence-electron chi connectivity index (χ2n) is 8.69. The first kappa shape index (κ1) is 23.4. The molecule has 7 nitrogen and oxygen atoms in total. The maximum absolute atomic E-state index is 15.3. The van der Waals surface area contributed by atoms with Crippen LogP contribution in [-0.2, 0) is 6.42 Å². The monoisotopic (exact) mass is 483 g/mol. The zero-order valence-corrected chi connectivity index (χ0v) is 20.2. The number of piperazine rings is 1. The molecule has 1 saturated heterocycles. The quantitative estimate of drug-likeness (QED) is 0.442. The normalized spacial score (nSPS) is 13.6. The number of nitrogens with zero attached hydrogens (tertiary/aromatic N) is 4. The molecule has 0 saturated carbocycles. The maximum Gasteiger partial charge on any atom is 0.270 e. The fourth-order valence-corrected chi connectivity index (χ4v) is 4.81. The van der Waals surface area contributed by atoms with Crippen molar-refractivity contribution < 1.29 is 13.9 Å². The van der Waals surface area contributed by atoms with Crippen LogP contribution in [-0.4, -0.2) is 54.1 Å². The summed E-state index contributed by atoms with van der Waals surface area (Å²) < 4.78 is 20.9. The summed E-state index contributed by atoms with van der Waals surface area (Å²) in [5.41, 5.74) is 3.41. The van der Waals surface area contributed by atoms with Gasteiger partial charge in [-0.25, -0.2) is 9.37 Å². The SMILES string of the molecule is CCc1cc(-c2ccccc2OC)c2cc(C(=O)N3CCN(c4ncccc4C#N)CC3)[nH]c2c1F. The van der Waals surface area contributed by atoms with Crippen LogP contribution < -0.4 is 9.64 Å². The molecule has 182 valence electrons. The zero-order chi connectivity index (χ0) is 25.2. The molecule has 3 heterocycles. The molecule has 0 spiro atoms. The Morgan fingerprint density at radius 3 is 2.64 bits per heavy atom. The van der Waals surface area contributed by atoms with Gasteiger partial charge in [0.2, 0.25) is 0 Å². The van der Waals surface area contributed by atoms with Crippen LogP contribution in [0.5, 0.6) is 5.75 Å². The van der Waals surface area contributed by atoms with E-state index in [0.717, 1.165) is 11.1 Å². The van der Waals surface area contributed by atoms with E-state index in [4.69, 9.17) is 4.74 Å². The average Bonchev–Trinajstić information content (AvgIpc) is 3.39. The molecule has 36 heavy (non-hydrogen) atoms. The van der Waals surface area contributed by atoms with Crippen molar-refractivity contribution in [2.75, 3.05) is 38.2 Å². The minimum atomic E-state index is -0.339. The summed E-state index contributed by atoms with van der Waals surface area (Å²) in [5.74, 6) is 0.794. The van der Waals surface area contributed by atoms with Crippen LogP contribution in [0.25, 0.3) is 22.0 Å². The summed E-state index contributed by atoms with van der Waals surface area (Å²) in [7, 11) is 1.61. The van der Waals surface area contributed by atoms with Gasteiger partial charge in [0, 0.05) is 43.3 Å². The van der Waals surface area contributed by atoms with Crippen LogP contribution in [0.1, 0.15) is 28.5 Å². The lowest BCUT2D eigenvalue weighted by molar-refractivity contribution is 0.0741. The van der Waals surface area contributed by atoms with Gasteiger partial charge in [0.1, 0.15) is 29.1 Å². The first-order chi connectivity index (χ1) is 17.5. The highest BCUT2D eigenvalue weighted by molar-refractivity contribution is 6.04. The molecular weight excluding hydrogens is 457 g/mol. The summed E-state index contributed by atoms with van der Waals surface area (Å²) in [6.07, 6.45) is 2.18. The third kappa shape index (κ3) is 4.03. The molecule has 0 atom stereocenters. The highest BCUT2D eigenvalue weighted by Crippen LogP contribution is 2.38. The molecular formula is C28H26FN5O2. The van der Waals surface area contributed by atoms with Gasteiger partial charge >= 0.3 is 0 Å². The van der Waals surface area contributed by atoms with Gasteiger partial charge in [-0.1, -0.05) is 25.1 Å². The van der Waals surface area contributed by atoms with Crippen LogP contribution in [0.4, 0.5) is 10.2 Å². The highest BCUT2D eigenvalue weighted by Gasteiger charge is 2.26. The standard InChI is InChI=1S/C28H26FN5O2/c1-3-18-15-21(20-8-4-5-9-24(20)36-2)22-16-23(32-26(22)25(18)29)28(35)34-13-11-33(12-14-34)27-19(17-30)7-6-10-31-27/h4-10,15-16,32H,3,11-14H2,1-2H3. The number of H-pyrrole nitrogens is 1. The van der Waals surface area contributed by atoms with Gasteiger partial charge in [0.15, 0.2) is 0 Å². The number of pyridine rings is 1. The number of fused-ring (bicyclic) bond motifs is 1. The molecule has 0 aliphatic carbocycles. The summed E-state index contributed by atoms with van der Waals surface area (Å²) in [4.78, 5) is 24.6. The lowest BCUT2D eigenvalue weighted by Gasteiger charge is -2.35. The second-order valence-corrected chi connectivity index (χ2v) is 8.69. The molecule has 0 bridgehead atoms. The fraction of sp³-hybridized carbons (Fsp3) is 0.250. The molecule has 4 aromatic rings. The van der Waals surface area contributed by atoms with Crippen molar-refractivity contribution >= 4 is 22.6 Å². The zero-order valence-electron chi connectivity index (χ0n) is 20.2. The summed E-state index contributed by atoms with van der Waals surface area (Å²) >= 11 is 0. The Morgan fingerprint density at radius 2 is 1.92 bits per heavy atom. The Bertz CT molecular complexity index is 1480. The van der Waals surface area contributed by atoms with Crippen LogP contribution in [0, 0.1) is 17.1 Å². The lowest BCUT2D eigenvalue weighted by Crippen LogP contribution is -2.49. The number of aryl methyl sites for hydroxylation is 1. The van der Waals surface area contributed by atoms with E-state index in [0.29, 0.717) is 71.9 Å². The first-order valence-corrected chi connectivity index (χ1v) is 11.9. The number of nitrogens with one attached hydrogen (secondary N) is 1. The van der Waals surface area contributed by atoms with E-state index in [1.54, 1.807) is 36.4 Å². The van der Waals surface area contributed by atoms with Crippen LogP contribution >= 0.6 is 0 Å². The molecule has 2 aromatic heterocycles. The largest absolute Gasteiger partial charge is 0.496 e. The third-order valence-electron chi connectivity index (χ3n) is 6.71. The summed E-state index contributed by atoms with van der Waals surface area (Å²) in [6, 6.07) is 16.8. The Hall–Kier alpha value is -4.38. The van der Waals surface area contributed by atoms with Gasteiger partial charge in [-0.3, -0.25) is 4.79 Å². The molecule has 1 aliphatic heterocycles. The van der Waals surface area contributed by atoms with E-state index in [9.17, 15) is 10.1 Å². The maximum atomic E-state index is 15.3. The number of rotatable bonds is 5. The fourth-order valence-electron chi connectivity index (χ4n) is 4.81. The van der Waals surface area contributed by atoms with E-state index in [1.807, 2.05) is 42.2 Å². The van der Waals surface area contributed by atoms with Crippen molar-refractivity contribution in [3.05, 3.63) is 77.4 Å². The van der Waals surface area contributed by atoms with Crippen LogP contribution in [0.2, 0.25) is 0 Å². The minimum Gasteiger partial charge on any atom is -0.496 e. The number of aromatic amines is 1. The number of anilines is 1. The van der Waals surface area contributed by atoms with Crippen molar-refractivity contribution in [2.24, 2.45) is 0 Å². The Balaban J connectivity index is 1.46. The number of nitriles is 1. The van der Waals surface area contributed by atoms with E-state index >= 15 is 4.39 Å². The van der Waals surface area contributed by atoms with Gasteiger partial charge in [-0.2, -0.15) is 5.26 Å². The Morgan fingerprint density at radius 1 is 1.14 bits per heavy atom. The minimum absolute atomic E-state index is 0.184. The number of carbonyl (C=O) groups is 1. The molecule has 8 heteroatoms. The van der Waals surface area contributed by atoms with Crippen molar-refractivity contribution in [3.63, 3.8) is 0 Å². The number of hydrogen-bond donors (Lipinski definition) is 1. The number of methoxy groups -OCH3 is 1.